The third-order valence-corrected chi connectivity index (χ3v) is 2.90. The Bertz CT molecular complexity index is 458. The zero-order valence-electron chi connectivity index (χ0n) is 8.38. The summed E-state index contributed by atoms with van der Waals surface area (Å²) in [6.45, 7) is 0.132. The van der Waals surface area contributed by atoms with Crippen molar-refractivity contribution >= 4 is 16.0 Å². The van der Waals surface area contributed by atoms with Crippen LogP contribution in [-0.2, 0) is 16.6 Å². The van der Waals surface area contributed by atoms with Crippen LogP contribution in [0.2, 0.25) is 0 Å². The maximum absolute atomic E-state index is 11.2. The summed E-state index contributed by atoms with van der Waals surface area (Å²) in [6.07, 6.45) is 2.49. The maximum Gasteiger partial charge on any atom is 0.239 e. The van der Waals surface area contributed by atoms with Crippen LogP contribution in [0.3, 0.4) is 0 Å². The van der Waals surface area contributed by atoms with Crippen molar-refractivity contribution in [3.05, 3.63) is 23.5 Å². The molecule has 0 fully saturated rings. The summed E-state index contributed by atoms with van der Waals surface area (Å²) in [5.41, 5.74) is 8.96. The minimum absolute atomic E-state index is 0.0743. The lowest BCUT2D eigenvalue weighted by atomic mass is 10.4. The fourth-order valence-corrected chi connectivity index (χ4v) is 1.25. The van der Waals surface area contributed by atoms with E-state index in [0.717, 1.165) is 10.6 Å². The van der Waals surface area contributed by atoms with Gasteiger partial charge in [-0.2, -0.15) is 0 Å². The van der Waals surface area contributed by atoms with Gasteiger partial charge in [0.2, 0.25) is 16.0 Å². The average Bonchev–Trinajstić information content (AvgIpc) is 2.16. The molecule has 82 valence electrons. The van der Waals surface area contributed by atoms with Crippen LogP contribution < -0.4 is 9.42 Å². The standard InChI is InChI=1S/C7H11N5O2S/c1-12(15(2,13)14)7-9-4-3-6(11-7)5-10-8/h3-4,10H,5H2,1-2H3. The Morgan fingerprint density at radius 3 is 2.80 bits per heavy atom. The van der Waals surface area contributed by atoms with Crippen LogP contribution >= 0.6 is 0 Å². The van der Waals surface area contributed by atoms with Gasteiger partial charge in [0.15, 0.2) is 6.54 Å². The largest absolute Gasteiger partial charge is 0.508 e. The maximum atomic E-state index is 11.2. The fraction of sp³-hybridized carbons (Fsp3) is 0.429. The molecular formula is C7H11N5O2S. The van der Waals surface area contributed by atoms with Crippen LogP contribution in [0.25, 0.3) is 5.53 Å². The highest BCUT2D eigenvalue weighted by Gasteiger charge is 2.14. The van der Waals surface area contributed by atoms with Gasteiger partial charge in [-0.05, 0) is 6.07 Å². The van der Waals surface area contributed by atoms with E-state index < -0.39 is 10.0 Å². The molecule has 1 rings (SSSR count). The van der Waals surface area contributed by atoms with Gasteiger partial charge in [-0.15, -0.1) is 0 Å². The predicted molar refractivity (Wildman–Crippen MR) is 53.3 cm³/mol. The molecule has 8 heteroatoms. The summed E-state index contributed by atoms with van der Waals surface area (Å²) in [7, 11) is -2.00. The molecule has 0 amide bonds. The van der Waals surface area contributed by atoms with Gasteiger partial charge in [0.05, 0.1) is 6.26 Å². The van der Waals surface area contributed by atoms with E-state index in [4.69, 9.17) is 5.53 Å². The molecule has 0 radical (unpaired) electrons. The molecule has 7 nitrogen and oxygen atoms in total. The van der Waals surface area contributed by atoms with Crippen molar-refractivity contribution in [2.45, 2.75) is 6.54 Å². The first-order valence-electron chi connectivity index (χ1n) is 4.08. The van der Waals surface area contributed by atoms with Crippen molar-refractivity contribution in [2.75, 3.05) is 17.6 Å². The Kier molecular flexibility index (Phi) is 3.30. The van der Waals surface area contributed by atoms with Gasteiger partial charge in [0, 0.05) is 13.2 Å². The van der Waals surface area contributed by atoms with Crippen LogP contribution in [0.5, 0.6) is 0 Å². The first kappa shape index (κ1) is 11.5. The van der Waals surface area contributed by atoms with Crippen molar-refractivity contribution in [1.82, 2.24) is 9.97 Å². The highest BCUT2D eigenvalue weighted by atomic mass is 32.2. The Hall–Kier alpha value is -1.57. The summed E-state index contributed by atoms with van der Waals surface area (Å²) in [6, 6.07) is 1.57. The Morgan fingerprint density at radius 2 is 2.27 bits per heavy atom. The lowest BCUT2D eigenvalue weighted by Gasteiger charge is -2.13. The molecule has 0 aliphatic carbocycles. The van der Waals surface area contributed by atoms with Gasteiger partial charge < -0.3 is 10.6 Å². The van der Waals surface area contributed by atoms with Crippen molar-refractivity contribution in [3.63, 3.8) is 0 Å². The SMILES string of the molecule is CN(c1nccc(C[NH+]=[N-])n1)S(C)(=O)=O. The Morgan fingerprint density at radius 1 is 1.60 bits per heavy atom. The summed E-state index contributed by atoms with van der Waals surface area (Å²) in [5.74, 6) is 0.0743. The van der Waals surface area contributed by atoms with E-state index in [-0.39, 0.29) is 12.5 Å². The molecule has 1 aromatic rings. The van der Waals surface area contributed by atoms with Gasteiger partial charge in [-0.25, -0.2) is 22.7 Å². The predicted octanol–water partition coefficient (Wildman–Crippen LogP) is -1.53. The molecule has 0 aliphatic heterocycles. The minimum Gasteiger partial charge on any atom is -0.508 e. The van der Waals surface area contributed by atoms with Crippen LogP contribution in [0.1, 0.15) is 5.69 Å². The van der Waals surface area contributed by atoms with E-state index >= 15 is 0 Å². The zero-order chi connectivity index (χ0) is 11.5. The van der Waals surface area contributed by atoms with Crippen LogP contribution in [0.4, 0.5) is 5.95 Å². The number of hydrogen-bond donors (Lipinski definition) is 1. The lowest BCUT2D eigenvalue weighted by molar-refractivity contribution is -0.499. The molecule has 15 heavy (non-hydrogen) atoms. The summed E-state index contributed by atoms with van der Waals surface area (Å²) in [4.78, 5) is 7.76. The molecule has 0 saturated carbocycles. The normalized spacial score (nSPS) is 11.1. The number of nitrogens with one attached hydrogen (secondary N) is 1. The molecule has 1 N–H and O–H groups in total. The number of sulfonamides is 1. The van der Waals surface area contributed by atoms with Crippen molar-refractivity contribution in [1.29, 1.82) is 0 Å². The van der Waals surface area contributed by atoms with E-state index in [9.17, 15) is 8.42 Å². The second-order valence-corrected chi connectivity index (χ2v) is 4.93. The van der Waals surface area contributed by atoms with Gasteiger partial charge in [0.25, 0.3) is 0 Å². The van der Waals surface area contributed by atoms with Gasteiger partial charge in [0.1, 0.15) is 5.69 Å². The van der Waals surface area contributed by atoms with E-state index in [1.165, 1.54) is 13.2 Å². The van der Waals surface area contributed by atoms with Crippen LogP contribution in [-0.4, -0.2) is 31.7 Å². The fourth-order valence-electron chi connectivity index (χ4n) is 0.864. The molecule has 0 saturated heterocycles. The Balaban J connectivity index is 3.05. The molecule has 0 aliphatic rings. The Labute approximate surface area is 87.7 Å². The highest BCUT2D eigenvalue weighted by molar-refractivity contribution is 7.92. The molecule has 1 aromatic heterocycles. The summed E-state index contributed by atoms with van der Waals surface area (Å²) < 4.78 is 23.3. The topological polar surface area (TPSA) is 99.4 Å². The minimum atomic E-state index is -3.36. The van der Waals surface area contributed by atoms with Gasteiger partial charge in [-0.3, -0.25) is 0 Å². The van der Waals surface area contributed by atoms with E-state index in [2.05, 4.69) is 9.97 Å². The second kappa shape index (κ2) is 4.30. The number of aromatic nitrogens is 2. The van der Waals surface area contributed by atoms with E-state index in [1.54, 1.807) is 6.07 Å². The van der Waals surface area contributed by atoms with Crippen LogP contribution in [0.15, 0.2) is 12.3 Å². The number of rotatable bonds is 4. The average molecular weight is 229 g/mol. The third kappa shape index (κ3) is 2.94. The molecule has 0 atom stereocenters. The number of hydrogen-bond acceptors (Lipinski definition) is 4. The number of nitrogens with zero attached hydrogens (tertiary/aromatic N) is 4. The van der Waals surface area contributed by atoms with E-state index in [0.29, 0.717) is 5.69 Å². The highest BCUT2D eigenvalue weighted by Crippen LogP contribution is 2.08. The quantitative estimate of drug-likeness (QED) is 0.633. The summed E-state index contributed by atoms with van der Waals surface area (Å²) in [5, 5.41) is 1.93. The molecule has 0 bridgehead atoms. The second-order valence-electron chi connectivity index (χ2n) is 2.91. The first-order chi connectivity index (χ1) is 6.95. The first-order valence-corrected chi connectivity index (χ1v) is 5.93. The molecule has 1 heterocycles. The lowest BCUT2D eigenvalue weighted by Crippen LogP contribution is -2.60. The molecule has 0 unspecified atom stereocenters. The molecule has 0 spiro atoms. The van der Waals surface area contributed by atoms with Crippen molar-refractivity contribution in [2.24, 2.45) is 0 Å². The molecular weight excluding hydrogens is 218 g/mol. The summed E-state index contributed by atoms with van der Waals surface area (Å²) >= 11 is 0. The smallest absolute Gasteiger partial charge is 0.239 e. The zero-order valence-corrected chi connectivity index (χ0v) is 9.19. The van der Waals surface area contributed by atoms with E-state index in [1.807, 2.05) is 5.11 Å². The van der Waals surface area contributed by atoms with Gasteiger partial charge in [-0.1, -0.05) is 0 Å². The van der Waals surface area contributed by atoms with Crippen molar-refractivity contribution in [3.8, 4) is 0 Å². The van der Waals surface area contributed by atoms with Gasteiger partial charge >= 0.3 is 0 Å². The monoisotopic (exact) mass is 229 g/mol. The number of anilines is 1. The third-order valence-electron chi connectivity index (χ3n) is 1.74. The van der Waals surface area contributed by atoms with Crippen LogP contribution in [0, 0.1) is 0 Å². The van der Waals surface area contributed by atoms with Crippen molar-refractivity contribution < 1.29 is 13.5 Å². The molecule has 0 aromatic carbocycles.